The number of fused-ring (bicyclic) bond motifs is 1. The third-order valence-corrected chi connectivity index (χ3v) is 6.01. The van der Waals surface area contributed by atoms with E-state index in [1.54, 1.807) is 12.1 Å². The van der Waals surface area contributed by atoms with Gasteiger partial charge in [-0.1, -0.05) is 24.4 Å². The number of aromatic nitrogens is 1. The predicted molar refractivity (Wildman–Crippen MR) is 101 cm³/mol. The highest BCUT2D eigenvalue weighted by molar-refractivity contribution is 7.09. The molecule has 1 aliphatic carbocycles. The van der Waals surface area contributed by atoms with Crippen molar-refractivity contribution in [1.82, 2.24) is 9.88 Å². The Hall–Kier alpha value is -1.63. The van der Waals surface area contributed by atoms with Crippen LogP contribution in [0.15, 0.2) is 29.6 Å². The van der Waals surface area contributed by atoms with Crippen molar-refractivity contribution in [3.63, 3.8) is 0 Å². The van der Waals surface area contributed by atoms with Gasteiger partial charge in [0.05, 0.1) is 18.8 Å². The van der Waals surface area contributed by atoms with Gasteiger partial charge in [-0.15, -0.1) is 11.3 Å². The van der Waals surface area contributed by atoms with Gasteiger partial charge in [-0.2, -0.15) is 0 Å². The van der Waals surface area contributed by atoms with Crippen molar-refractivity contribution in [3.8, 4) is 5.75 Å². The van der Waals surface area contributed by atoms with Crippen molar-refractivity contribution in [3.05, 3.63) is 45.4 Å². The van der Waals surface area contributed by atoms with Crippen LogP contribution in [0.1, 0.15) is 41.2 Å². The Bertz CT molecular complexity index is 762. The summed E-state index contributed by atoms with van der Waals surface area (Å²) in [7, 11) is 0. The van der Waals surface area contributed by atoms with Crippen LogP contribution in [-0.4, -0.2) is 41.1 Å². The molecule has 1 saturated heterocycles. The van der Waals surface area contributed by atoms with Crippen LogP contribution in [0.4, 0.5) is 0 Å². The molecule has 1 saturated carbocycles. The molecule has 1 aromatic heterocycles. The van der Waals surface area contributed by atoms with Gasteiger partial charge in [-0.3, -0.25) is 4.79 Å². The van der Waals surface area contributed by atoms with Crippen LogP contribution in [0.2, 0.25) is 5.02 Å². The standard InChI is InChI=1S/C19H21ClN2O3S/c20-13-5-7-14(8-6-13)25-11-18-21-15(12-26-18)19(23)22-9-10-24-17-4-2-1-3-16(17)22/h5-8,12,16-17H,1-4,9-11H2/t16-,17-/m0/s1. The van der Waals surface area contributed by atoms with Gasteiger partial charge in [0.15, 0.2) is 0 Å². The van der Waals surface area contributed by atoms with Crippen molar-refractivity contribution >= 4 is 28.8 Å². The zero-order valence-corrected chi connectivity index (χ0v) is 16.0. The third kappa shape index (κ3) is 3.87. The highest BCUT2D eigenvalue weighted by Gasteiger charge is 2.37. The van der Waals surface area contributed by atoms with Crippen molar-refractivity contribution < 1.29 is 14.3 Å². The summed E-state index contributed by atoms with van der Waals surface area (Å²) in [4.78, 5) is 19.4. The first-order chi connectivity index (χ1) is 12.7. The van der Waals surface area contributed by atoms with Gasteiger partial charge in [0.25, 0.3) is 5.91 Å². The Labute approximate surface area is 161 Å². The molecule has 1 amide bonds. The van der Waals surface area contributed by atoms with Crippen molar-refractivity contribution in [1.29, 1.82) is 0 Å². The summed E-state index contributed by atoms with van der Waals surface area (Å²) in [5, 5.41) is 3.29. The Morgan fingerprint density at radius 3 is 2.96 bits per heavy atom. The molecule has 0 unspecified atom stereocenters. The Morgan fingerprint density at radius 1 is 1.31 bits per heavy atom. The zero-order valence-electron chi connectivity index (χ0n) is 14.4. The molecule has 2 atom stereocenters. The number of benzene rings is 1. The summed E-state index contributed by atoms with van der Waals surface area (Å²) in [5.41, 5.74) is 0.510. The average molecular weight is 393 g/mol. The molecule has 5 nitrogen and oxygen atoms in total. The van der Waals surface area contributed by atoms with Gasteiger partial charge >= 0.3 is 0 Å². The normalized spacial score (nSPS) is 22.7. The van der Waals surface area contributed by atoms with Crippen molar-refractivity contribution in [2.24, 2.45) is 0 Å². The van der Waals surface area contributed by atoms with E-state index in [4.69, 9.17) is 21.1 Å². The van der Waals surface area contributed by atoms with Crippen LogP contribution in [-0.2, 0) is 11.3 Å². The van der Waals surface area contributed by atoms with Crippen molar-refractivity contribution in [2.75, 3.05) is 13.2 Å². The average Bonchev–Trinajstić information content (AvgIpc) is 3.15. The minimum atomic E-state index is 0.0131. The second-order valence-electron chi connectivity index (χ2n) is 6.63. The largest absolute Gasteiger partial charge is 0.486 e. The number of hydrogen-bond acceptors (Lipinski definition) is 5. The molecule has 4 rings (SSSR count). The first-order valence-electron chi connectivity index (χ1n) is 8.96. The van der Waals surface area contributed by atoms with Gasteiger partial charge < -0.3 is 14.4 Å². The fourth-order valence-corrected chi connectivity index (χ4v) is 4.45. The van der Waals surface area contributed by atoms with Gasteiger partial charge in [-0.25, -0.2) is 4.98 Å². The maximum Gasteiger partial charge on any atom is 0.273 e. The van der Waals surface area contributed by atoms with E-state index in [1.165, 1.54) is 17.8 Å². The molecule has 2 aliphatic rings. The van der Waals surface area contributed by atoms with Crippen LogP contribution in [0.25, 0.3) is 0 Å². The third-order valence-electron chi connectivity index (χ3n) is 4.94. The van der Waals surface area contributed by atoms with Gasteiger partial charge in [0.2, 0.25) is 0 Å². The number of morpholine rings is 1. The van der Waals surface area contributed by atoms with Crippen molar-refractivity contribution in [2.45, 2.75) is 44.4 Å². The number of rotatable bonds is 4. The van der Waals surface area contributed by atoms with E-state index in [1.807, 2.05) is 22.4 Å². The minimum absolute atomic E-state index is 0.0131. The van der Waals surface area contributed by atoms with E-state index in [-0.39, 0.29) is 18.1 Å². The van der Waals surface area contributed by atoms with Crippen LogP contribution >= 0.6 is 22.9 Å². The van der Waals surface area contributed by atoms with E-state index < -0.39 is 0 Å². The highest BCUT2D eigenvalue weighted by atomic mass is 35.5. The summed E-state index contributed by atoms with van der Waals surface area (Å²) >= 11 is 7.33. The number of carbonyl (C=O) groups is 1. The molecular weight excluding hydrogens is 372 g/mol. The van der Waals surface area contributed by atoms with Gasteiger partial charge in [0.1, 0.15) is 23.1 Å². The lowest BCUT2D eigenvalue weighted by Crippen LogP contribution is -2.54. The number of halogens is 1. The number of ether oxygens (including phenoxy) is 2. The van der Waals surface area contributed by atoms with Crippen LogP contribution in [0, 0.1) is 0 Å². The fraction of sp³-hybridized carbons (Fsp3) is 0.474. The predicted octanol–water partition coefficient (Wildman–Crippen LogP) is 4.16. The first kappa shape index (κ1) is 17.8. The number of thiazole rings is 1. The molecule has 0 spiro atoms. The number of hydrogen-bond donors (Lipinski definition) is 0. The topological polar surface area (TPSA) is 51.7 Å². The zero-order chi connectivity index (χ0) is 17.9. The highest BCUT2D eigenvalue weighted by Crippen LogP contribution is 2.29. The maximum absolute atomic E-state index is 12.9. The molecule has 7 heteroatoms. The Balaban J connectivity index is 1.40. The minimum Gasteiger partial charge on any atom is -0.486 e. The van der Waals surface area contributed by atoms with Gasteiger partial charge in [-0.05, 0) is 37.1 Å². The maximum atomic E-state index is 12.9. The number of carbonyl (C=O) groups excluding carboxylic acids is 1. The summed E-state index contributed by atoms with van der Waals surface area (Å²) < 4.78 is 11.6. The van der Waals surface area contributed by atoms with E-state index in [0.717, 1.165) is 30.0 Å². The summed E-state index contributed by atoms with van der Waals surface area (Å²) in [6, 6.07) is 7.40. The molecular formula is C19H21ClN2O3S. The molecule has 0 N–H and O–H groups in total. The summed E-state index contributed by atoms with van der Waals surface area (Å²) in [6.07, 6.45) is 4.60. The molecule has 2 aromatic rings. The van der Waals surface area contributed by atoms with E-state index in [2.05, 4.69) is 4.98 Å². The number of amides is 1. The molecule has 0 bridgehead atoms. The van der Waals surface area contributed by atoms with E-state index in [0.29, 0.717) is 30.5 Å². The fourth-order valence-electron chi connectivity index (χ4n) is 3.65. The molecule has 26 heavy (non-hydrogen) atoms. The molecule has 0 radical (unpaired) electrons. The second kappa shape index (κ2) is 7.94. The lowest BCUT2D eigenvalue weighted by atomic mass is 9.90. The lowest BCUT2D eigenvalue weighted by Gasteiger charge is -2.43. The van der Waals surface area contributed by atoms with Crippen LogP contribution in [0.3, 0.4) is 0 Å². The first-order valence-corrected chi connectivity index (χ1v) is 10.2. The molecule has 1 aromatic carbocycles. The SMILES string of the molecule is O=C(c1csc(COc2ccc(Cl)cc2)n1)N1CCO[C@H]2CCCC[C@@H]21. The summed E-state index contributed by atoms with van der Waals surface area (Å²) in [5.74, 6) is 0.745. The lowest BCUT2D eigenvalue weighted by molar-refractivity contribution is -0.0754. The molecule has 138 valence electrons. The Morgan fingerprint density at radius 2 is 2.12 bits per heavy atom. The van der Waals surface area contributed by atoms with E-state index >= 15 is 0 Å². The van der Waals surface area contributed by atoms with Crippen LogP contribution < -0.4 is 4.74 Å². The van der Waals surface area contributed by atoms with E-state index in [9.17, 15) is 4.79 Å². The quantitative estimate of drug-likeness (QED) is 0.784. The smallest absolute Gasteiger partial charge is 0.273 e. The molecule has 2 fully saturated rings. The van der Waals surface area contributed by atoms with Crippen LogP contribution in [0.5, 0.6) is 5.75 Å². The summed E-state index contributed by atoms with van der Waals surface area (Å²) in [6.45, 7) is 1.60. The molecule has 1 aliphatic heterocycles. The second-order valence-corrected chi connectivity index (χ2v) is 8.01. The number of nitrogens with zero attached hydrogens (tertiary/aromatic N) is 2. The van der Waals surface area contributed by atoms with Gasteiger partial charge in [0, 0.05) is 16.9 Å². The molecule has 2 heterocycles. The monoisotopic (exact) mass is 392 g/mol. The Kier molecular flexibility index (Phi) is 5.43.